The van der Waals surface area contributed by atoms with Gasteiger partial charge in [-0.05, 0) is 42.5 Å². The van der Waals surface area contributed by atoms with E-state index < -0.39 is 0 Å². The van der Waals surface area contributed by atoms with Crippen LogP contribution in [-0.4, -0.2) is 23.9 Å². The summed E-state index contributed by atoms with van der Waals surface area (Å²) in [7, 11) is 0. The zero-order chi connectivity index (χ0) is 19.2. The van der Waals surface area contributed by atoms with Crippen LogP contribution < -0.4 is 5.32 Å². The van der Waals surface area contributed by atoms with Crippen LogP contribution in [-0.2, 0) is 6.42 Å². The molecule has 1 aliphatic heterocycles. The standard InChI is InChI=1S/C25H26N2O/c28-25(27-17-9-10-18-27)22-15-7-8-16-23(22)26-24(21-13-5-2-6-14-21)19-20-11-3-1-4-12-20/h1-8,11-16,24,26H,9-10,17-19H2. The minimum absolute atomic E-state index is 0.0936. The van der Waals surface area contributed by atoms with E-state index in [4.69, 9.17) is 0 Å². The van der Waals surface area contributed by atoms with Crippen LogP contribution in [0.2, 0.25) is 0 Å². The first kappa shape index (κ1) is 18.3. The SMILES string of the molecule is O=C(c1ccccc1NC(Cc1ccccc1)c1ccccc1)N1CCCC1. The van der Waals surface area contributed by atoms with Crippen molar-refractivity contribution in [1.82, 2.24) is 4.90 Å². The Morgan fingerprint density at radius 1 is 0.821 bits per heavy atom. The number of anilines is 1. The Labute approximate surface area is 167 Å². The number of nitrogens with zero attached hydrogens (tertiary/aromatic N) is 1. The lowest BCUT2D eigenvalue weighted by Crippen LogP contribution is -2.28. The predicted octanol–water partition coefficient (Wildman–Crippen LogP) is 5.32. The molecule has 1 heterocycles. The highest BCUT2D eigenvalue weighted by molar-refractivity contribution is 5.99. The lowest BCUT2D eigenvalue weighted by atomic mass is 9.98. The molecule has 28 heavy (non-hydrogen) atoms. The highest BCUT2D eigenvalue weighted by Gasteiger charge is 2.23. The molecule has 1 unspecified atom stereocenters. The van der Waals surface area contributed by atoms with Gasteiger partial charge in [-0.25, -0.2) is 0 Å². The third-order valence-corrected chi connectivity index (χ3v) is 5.37. The molecule has 4 rings (SSSR count). The molecule has 1 atom stereocenters. The summed E-state index contributed by atoms with van der Waals surface area (Å²) in [4.78, 5) is 15.0. The van der Waals surface area contributed by atoms with Crippen LogP contribution in [0.25, 0.3) is 0 Å². The summed E-state index contributed by atoms with van der Waals surface area (Å²) in [5, 5.41) is 3.67. The van der Waals surface area contributed by atoms with Crippen LogP contribution in [0.5, 0.6) is 0 Å². The zero-order valence-electron chi connectivity index (χ0n) is 16.1. The van der Waals surface area contributed by atoms with Gasteiger partial charge in [0, 0.05) is 18.8 Å². The molecule has 0 bridgehead atoms. The highest BCUT2D eigenvalue weighted by atomic mass is 16.2. The molecule has 0 aliphatic carbocycles. The Balaban J connectivity index is 1.62. The van der Waals surface area contributed by atoms with E-state index in [1.807, 2.05) is 41.3 Å². The predicted molar refractivity (Wildman–Crippen MR) is 115 cm³/mol. The molecule has 1 saturated heterocycles. The van der Waals surface area contributed by atoms with E-state index >= 15 is 0 Å². The number of para-hydroxylation sites is 1. The first-order valence-corrected chi connectivity index (χ1v) is 10.0. The minimum Gasteiger partial charge on any atom is -0.377 e. The first-order valence-electron chi connectivity index (χ1n) is 10.0. The number of likely N-dealkylation sites (tertiary alicyclic amines) is 1. The maximum atomic E-state index is 13.0. The van der Waals surface area contributed by atoms with E-state index in [1.165, 1.54) is 11.1 Å². The monoisotopic (exact) mass is 370 g/mol. The van der Waals surface area contributed by atoms with E-state index in [0.717, 1.165) is 43.6 Å². The van der Waals surface area contributed by atoms with Gasteiger partial charge in [-0.3, -0.25) is 4.79 Å². The Kier molecular flexibility index (Phi) is 5.72. The number of carbonyl (C=O) groups excluding carboxylic acids is 1. The van der Waals surface area contributed by atoms with Crippen molar-refractivity contribution < 1.29 is 4.79 Å². The summed E-state index contributed by atoms with van der Waals surface area (Å²) in [5.74, 6) is 0.132. The van der Waals surface area contributed by atoms with Crippen molar-refractivity contribution in [1.29, 1.82) is 0 Å². The summed E-state index contributed by atoms with van der Waals surface area (Å²) in [6, 6.07) is 28.9. The molecule has 0 aromatic heterocycles. The van der Waals surface area contributed by atoms with Gasteiger partial charge in [0.2, 0.25) is 0 Å². The van der Waals surface area contributed by atoms with Crippen molar-refractivity contribution in [3.05, 3.63) is 102 Å². The maximum Gasteiger partial charge on any atom is 0.255 e. The molecule has 0 radical (unpaired) electrons. The lowest BCUT2D eigenvalue weighted by molar-refractivity contribution is 0.0793. The molecular formula is C25H26N2O. The fourth-order valence-electron chi connectivity index (χ4n) is 3.86. The smallest absolute Gasteiger partial charge is 0.255 e. The molecule has 0 saturated carbocycles. The number of nitrogens with one attached hydrogen (secondary N) is 1. The zero-order valence-corrected chi connectivity index (χ0v) is 16.1. The second-order valence-electron chi connectivity index (χ2n) is 7.34. The Hall–Kier alpha value is -3.07. The molecular weight excluding hydrogens is 344 g/mol. The first-order chi connectivity index (χ1) is 13.8. The Morgan fingerprint density at radius 3 is 2.14 bits per heavy atom. The van der Waals surface area contributed by atoms with Gasteiger partial charge in [-0.1, -0.05) is 72.8 Å². The highest BCUT2D eigenvalue weighted by Crippen LogP contribution is 2.27. The Morgan fingerprint density at radius 2 is 1.43 bits per heavy atom. The van der Waals surface area contributed by atoms with Crippen LogP contribution in [0.1, 0.15) is 40.4 Å². The van der Waals surface area contributed by atoms with E-state index in [2.05, 4.69) is 53.8 Å². The molecule has 3 nitrogen and oxygen atoms in total. The fraction of sp³-hybridized carbons (Fsp3) is 0.240. The van der Waals surface area contributed by atoms with Gasteiger partial charge < -0.3 is 10.2 Å². The van der Waals surface area contributed by atoms with Gasteiger partial charge in [0.05, 0.1) is 11.6 Å². The molecule has 142 valence electrons. The minimum atomic E-state index is 0.0936. The largest absolute Gasteiger partial charge is 0.377 e. The molecule has 3 heteroatoms. The third kappa shape index (κ3) is 4.25. The van der Waals surface area contributed by atoms with Crippen molar-refractivity contribution in [2.75, 3.05) is 18.4 Å². The quantitative estimate of drug-likeness (QED) is 0.637. The van der Waals surface area contributed by atoms with Crippen LogP contribution in [0.4, 0.5) is 5.69 Å². The van der Waals surface area contributed by atoms with Gasteiger partial charge in [0.1, 0.15) is 0 Å². The van der Waals surface area contributed by atoms with E-state index in [1.54, 1.807) is 0 Å². The van der Waals surface area contributed by atoms with Crippen molar-refractivity contribution in [3.8, 4) is 0 Å². The number of hydrogen-bond donors (Lipinski definition) is 1. The van der Waals surface area contributed by atoms with Crippen molar-refractivity contribution in [2.45, 2.75) is 25.3 Å². The summed E-state index contributed by atoms with van der Waals surface area (Å²) in [6.07, 6.45) is 3.06. The second kappa shape index (κ2) is 8.75. The third-order valence-electron chi connectivity index (χ3n) is 5.37. The van der Waals surface area contributed by atoms with Gasteiger partial charge in [-0.2, -0.15) is 0 Å². The normalized spacial score (nSPS) is 14.6. The molecule has 0 spiro atoms. The van der Waals surface area contributed by atoms with Gasteiger partial charge in [-0.15, -0.1) is 0 Å². The molecule has 3 aromatic carbocycles. The van der Waals surface area contributed by atoms with Crippen molar-refractivity contribution in [2.24, 2.45) is 0 Å². The molecule has 1 N–H and O–H groups in total. The number of carbonyl (C=O) groups is 1. The summed E-state index contributed by atoms with van der Waals surface area (Å²) < 4.78 is 0. The number of hydrogen-bond acceptors (Lipinski definition) is 2. The van der Waals surface area contributed by atoms with Gasteiger partial charge in [0.25, 0.3) is 5.91 Å². The van der Waals surface area contributed by atoms with Crippen molar-refractivity contribution >= 4 is 11.6 Å². The van der Waals surface area contributed by atoms with Gasteiger partial charge in [0.15, 0.2) is 0 Å². The van der Waals surface area contributed by atoms with Crippen LogP contribution in [0, 0.1) is 0 Å². The maximum absolute atomic E-state index is 13.0. The van der Waals surface area contributed by atoms with Gasteiger partial charge >= 0.3 is 0 Å². The van der Waals surface area contributed by atoms with E-state index in [0.29, 0.717) is 0 Å². The average Bonchev–Trinajstić information content (AvgIpc) is 3.29. The van der Waals surface area contributed by atoms with E-state index in [-0.39, 0.29) is 11.9 Å². The van der Waals surface area contributed by atoms with Crippen molar-refractivity contribution in [3.63, 3.8) is 0 Å². The number of rotatable bonds is 6. The number of benzene rings is 3. The summed E-state index contributed by atoms with van der Waals surface area (Å²) in [6.45, 7) is 1.72. The molecule has 1 fully saturated rings. The Bertz CT molecular complexity index is 902. The average molecular weight is 370 g/mol. The topological polar surface area (TPSA) is 32.3 Å². The lowest BCUT2D eigenvalue weighted by Gasteiger charge is -2.24. The second-order valence-corrected chi connectivity index (χ2v) is 7.34. The molecule has 1 amide bonds. The summed E-state index contributed by atoms with van der Waals surface area (Å²) in [5.41, 5.74) is 4.16. The number of amides is 1. The summed E-state index contributed by atoms with van der Waals surface area (Å²) >= 11 is 0. The fourth-order valence-corrected chi connectivity index (χ4v) is 3.86. The molecule has 3 aromatic rings. The molecule has 1 aliphatic rings. The van der Waals surface area contributed by atoms with Crippen LogP contribution >= 0.6 is 0 Å². The van der Waals surface area contributed by atoms with Crippen LogP contribution in [0.15, 0.2) is 84.9 Å². The van der Waals surface area contributed by atoms with Crippen LogP contribution in [0.3, 0.4) is 0 Å². The van der Waals surface area contributed by atoms with E-state index in [9.17, 15) is 4.79 Å².